The predicted molar refractivity (Wildman–Crippen MR) is 267 cm³/mol. The second-order valence-electron chi connectivity index (χ2n) is 18.8. The summed E-state index contributed by atoms with van der Waals surface area (Å²) >= 11 is 0. The maximum absolute atomic E-state index is 2.50. The molecule has 304 valence electrons. The lowest BCUT2D eigenvalue weighted by Gasteiger charge is -2.31. The quantitative estimate of drug-likeness (QED) is 0.171. The molecule has 1 nitrogen and oxygen atoms in total. The Labute approximate surface area is 373 Å². The monoisotopic (exact) mass is 809 g/mol. The Balaban J connectivity index is 0.00000228. The lowest BCUT2D eigenvalue weighted by Crippen LogP contribution is -2.25. The zero-order chi connectivity index (χ0) is 41.5. The smallest absolute Gasteiger partial charge is 0.0725 e. The van der Waals surface area contributed by atoms with Gasteiger partial charge in [0.2, 0.25) is 0 Å². The molecule has 0 amide bonds. The van der Waals surface area contributed by atoms with Crippen LogP contribution in [0, 0.1) is 0 Å². The van der Waals surface area contributed by atoms with Gasteiger partial charge in [-0.15, -0.1) is 0 Å². The van der Waals surface area contributed by atoms with E-state index in [2.05, 4.69) is 233 Å². The van der Waals surface area contributed by atoms with Crippen LogP contribution in [-0.2, 0) is 16.2 Å². The van der Waals surface area contributed by atoms with Crippen LogP contribution in [0.5, 0.6) is 0 Å². The van der Waals surface area contributed by atoms with Gasteiger partial charge < -0.3 is 4.90 Å². The summed E-state index contributed by atoms with van der Waals surface area (Å²) in [7, 11) is 0. The van der Waals surface area contributed by atoms with Crippen LogP contribution in [0.4, 0.5) is 17.1 Å². The van der Waals surface area contributed by atoms with E-state index in [1.165, 1.54) is 100 Å². The van der Waals surface area contributed by atoms with Crippen molar-refractivity contribution < 1.29 is 1.43 Å². The fourth-order valence-corrected chi connectivity index (χ4v) is 12.3. The van der Waals surface area contributed by atoms with E-state index in [4.69, 9.17) is 0 Å². The summed E-state index contributed by atoms with van der Waals surface area (Å²) in [6.07, 6.45) is 0. The molecule has 9 aromatic rings. The van der Waals surface area contributed by atoms with E-state index < -0.39 is 0 Å². The Morgan fingerprint density at radius 1 is 0.302 bits per heavy atom. The van der Waals surface area contributed by atoms with Crippen LogP contribution in [0.2, 0.25) is 0 Å². The van der Waals surface area contributed by atoms with Crippen LogP contribution in [0.3, 0.4) is 0 Å². The van der Waals surface area contributed by atoms with Crippen LogP contribution < -0.4 is 4.90 Å². The molecule has 0 radical (unpaired) electrons. The largest absolute Gasteiger partial charge is 0.310 e. The second-order valence-corrected chi connectivity index (χ2v) is 18.8. The van der Waals surface area contributed by atoms with Crippen LogP contribution >= 0.6 is 0 Å². The number of rotatable bonds is 4. The predicted octanol–water partition coefficient (Wildman–Crippen LogP) is 16.7. The van der Waals surface area contributed by atoms with E-state index in [-0.39, 0.29) is 25.1 Å². The minimum atomic E-state index is -0.387. The Morgan fingerprint density at radius 3 is 1.19 bits per heavy atom. The summed E-state index contributed by atoms with van der Waals surface area (Å²) in [6, 6.07) is 75.8. The number of benzene rings is 9. The zero-order valence-corrected chi connectivity index (χ0v) is 35.5. The van der Waals surface area contributed by atoms with Crippen molar-refractivity contribution in [2.24, 2.45) is 0 Å². The highest BCUT2D eigenvalue weighted by atomic mass is 15.1. The van der Waals surface area contributed by atoms with Crippen LogP contribution in [0.1, 0.15) is 81.1 Å². The first-order valence-corrected chi connectivity index (χ1v) is 22.1. The molecule has 1 spiro atoms. The van der Waals surface area contributed by atoms with Gasteiger partial charge >= 0.3 is 0 Å². The minimum Gasteiger partial charge on any atom is -0.310 e. The van der Waals surface area contributed by atoms with Crippen molar-refractivity contribution in [2.45, 2.75) is 51.4 Å². The standard InChI is InChI=1S/C61H45N.CH4.H2/c1-59(2)50-25-10-5-19-43(50)47-33-31-40(36-56(47)59)62(41-32-34-48-44-20-6-11-26-51(44)60(3,4)57(48)37-41)39-18-15-17-38(35-39)42-24-16-30-55-58(42)49-23-9-14-29-54(49)61(55)52-27-12-7-21-45(52)46-22-8-13-28-53(46)61;;/h5-37H,1-4H3;1H4;1H. The molecular formula is C62H51N. The van der Waals surface area contributed by atoms with Gasteiger partial charge in [-0.1, -0.05) is 199 Å². The zero-order valence-electron chi connectivity index (χ0n) is 35.5. The second kappa shape index (κ2) is 13.1. The number of nitrogens with zero attached hydrogens (tertiary/aromatic N) is 1. The highest BCUT2D eigenvalue weighted by molar-refractivity contribution is 6.00. The lowest BCUT2D eigenvalue weighted by atomic mass is 9.70. The van der Waals surface area contributed by atoms with Crippen molar-refractivity contribution in [2.75, 3.05) is 4.90 Å². The molecule has 0 atom stereocenters. The summed E-state index contributed by atoms with van der Waals surface area (Å²) < 4.78 is 0. The van der Waals surface area contributed by atoms with Crippen molar-refractivity contribution in [3.8, 4) is 55.6 Å². The Hall–Kier alpha value is -7.22. The van der Waals surface area contributed by atoms with Crippen LogP contribution in [0.25, 0.3) is 55.6 Å². The van der Waals surface area contributed by atoms with Crippen LogP contribution in [-0.4, -0.2) is 0 Å². The van der Waals surface area contributed by atoms with E-state index in [0.29, 0.717) is 0 Å². The number of hydrogen-bond acceptors (Lipinski definition) is 1. The number of anilines is 3. The van der Waals surface area contributed by atoms with Gasteiger partial charge in [0.05, 0.1) is 5.41 Å². The maximum Gasteiger partial charge on any atom is 0.0725 e. The molecule has 0 aliphatic heterocycles. The van der Waals surface area contributed by atoms with Crippen molar-refractivity contribution in [3.05, 3.63) is 245 Å². The summed E-state index contributed by atoms with van der Waals surface area (Å²) in [6.45, 7) is 9.51. The molecule has 0 bridgehead atoms. The molecule has 0 unspecified atom stereocenters. The average Bonchev–Trinajstić information content (AvgIpc) is 3.95. The first-order chi connectivity index (χ1) is 30.3. The molecule has 0 heterocycles. The van der Waals surface area contributed by atoms with Gasteiger partial charge in [-0.3, -0.25) is 0 Å². The highest BCUT2D eigenvalue weighted by Gasteiger charge is 2.52. The fraction of sp³-hybridized carbons (Fsp3) is 0.129. The lowest BCUT2D eigenvalue weighted by molar-refractivity contribution is 0.660. The SMILES string of the molecule is C.CC1(C)c2ccccc2-c2ccc(N(c3cccc(-c4cccc5c4-c4ccccc4C54c5ccccc5-c5ccccc54)c3)c3ccc4c(c3)C(C)(C)c3ccccc3-4)cc21.[HH]. The molecule has 0 N–H and O–H groups in total. The molecular weight excluding hydrogens is 759 g/mol. The van der Waals surface area contributed by atoms with Crippen LogP contribution in [0.15, 0.2) is 200 Å². The van der Waals surface area contributed by atoms with Crippen molar-refractivity contribution in [1.82, 2.24) is 0 Å². The molecule has 63 heavy (non-hydrogen) atoms. The molecule has 4 aliphatic carbocycles. The van der Waals surface area contributed by atoms with E-state index >= 15 is 0 Å². The first kappa shape index (κ1) is 37.5. The van der Waals surface area contributed by atoms with Gasteiger partial charge in [-0.2, -0.15) is 0 Å². The maximum atomic E-state index is 2.50. The first-order valence-electron chi connectivity index (χ1n) is 22.1. The normalized spacial score (nSPS) is 15.2. The van der Waals surface area contributed by atoms with Gasteiger partial charge in [-0.05, 0) is 137 Å². The van der Waals surface area contributed by atoms with Gasteiger partial charge in [0.15, 0.2) is 0 Å². The van der Waals surface area contributed by atoms with Gasteiger partial charge in [0, 0.05) is 29.3 Å². The van der Waals surface area contributed by atoms with Crippen molar-refractivity contribution >= 4 is 17.1 Å². The van der Waals surface area contributed by atoms with Crippen molar-refractivity contribution in [3.63, 3.8) is 0 Å². The topological polar surface area (TPSA) is 3.24 Å². The third-order valence-corrected chi connectivity index (χ3v) is 15.1. The fourth-order valence-electron chi connectivity index (χ4n) is 12.3. The number of hydrogen-bond donors (Lipinski definition) is 0. The number of fused-ring (bicyclic) bond motifs is 16. The molecule has 0 saturated carbocycles. The van der Waals surface area contributed by atoms with E-state index in [0.717, 1.165) is 17.1 Å². The summed E-state index contributed by atoms with van der Waals surface area (Å²) in [5, 5.41) is 0. The summed E-state index contributed by atoms with van der Waals surface area (Å²) in [5.74, 6) is 0. The van der Waals surface area contributed by atoms with E-state index in [1.807, 2.05) is 0 Å². The van der Waals surface area contributed by atoms with E-state index in [1.54, 1.807) is 0 Å². The highest BCUT2D eigenvalue weighted by Crippen LogP contribution is 2.64. The third kappa shape index (κ3) is 4.83. The van der Waals surface area contributed by atoms with E-state index in [9.17, 15) is 0 Å². The molecule has 0 aromatic heterocycles. The minimum absolute atomic E-state index is 0. The average molecular weight is 810 g/mol. The third-order valence-electron chi connectivity index (χ3n) is 15.1. The Morgan fingerprint density at radius 2 is 0.667 bits per heavy atom. The molecule has 0 saturated heterocycles. The van der Waals surface area contributed by atoms with Gasteiger partial charge in [-0.25, -0.2) is 0 Å². The Kier molecular flexibility index (Phi) is 7.83. The molecule has 1 heteroatoms. The summed E-state index contributed by atoms with van der Waals surface area (Å²) in [5.41, 5.74) is 26.9. The molecule has 4 aliphatic rings. The van der Waals surface area contributed by atoms with Crippen molar-refractivity contribution in [1.29, 1.82) is 0 Å². The van der Waals surface area contributed by atoms with Gasteiger partial charge in [0.1, 0.15) is 0 Å². The summed E-state index contributed by atoms with van der Waals surface area (Å²) in [4.78, 5) is 2.50. The Bertz CT molecular complexity index is 3230. The molecule has 0 fully saturated rings. The van der Waals surface area contributed by atoms with Gasteiger partial charge in [0.25, 0.3) is 0 Å². The molecule has 9 aromatic carbocycles. The molecule has 13 rings (SSSR count).